The van der Waals surface area contributed by atoms with Gasteiger partial charge in [-0.3, -0.25) is 0 Å². The van der Waals surface area contributed by atoms with E-state index in [2.05, 4.69) is 110 Å². The van der Waals surface area contributed by atoms with Crippen molar-refractivity contribution >= 4 is 5.57 Å². The molecule has 0 aromatic heterocycles. The Kier molecular flexibility index (Phi) is 4.29. The van der Waals surface area contributed by atoms with Gasteiger partial charge < -0.3 is 4.74 Å². The van der Waals surface area contributed by atoms with E-state index in [1.807, 2.05) is 12.1 Å². The Bertz CT molecular complexity index is 1160. The van der Waals surface area contributed by atoms with Gasteiger partial charge in [0.1, 0.15) is 5.75 Å². The van der Waals surface area contributed by atoms with Crippen molar-refractivity contribution in [2.24, 2.45) is 0 Å². The Labute approximate surface area is 171 Å². The van der Waals surface area contributed by atoms with Gasteiger partial charge in [0.25, 0.3) is 0 Å². The molecule has 1 heterocycles. The first-order valence-corrected chi connectivity index (χ1v) is 9.96. The predicted octanol–water partition coefficient (Wildman–Crippen LogP) is 7.09. The third-order valence-electron chi connectivity index (χ3n) is 5.56. The molecule has 0 bridgehead atoms. The van der Waals surface area contributed by atoms with Gasteiger partial charge in [-0.2, -0.15) is 0 Å². The Morgan fingerprint density at radius 2 is 1.10 bits per heavy atom. The van der Waals surface area contributed by atoms with E-state index in [9.17, 15) is 0 Å². The van der Waals surface area contributed by atoms with Crippen LogP contribution in [0.3, 0.4) is 0 Å². The molecule has 0 amide bonds. The molecule has 1 aliphatic heterocycles. The molecule has 1 nitrogen and oxygen atoms in total. The fourth-order valence-electron chi connectivity index (χ4n) is 4.07. The third kappa shape index (κ3) is 3.15. The maximum Gasteiger partial charge on any atom is 0.150 e. The molecule has 4 aromatic rings. The molecular formula is C28H22O. The molecular weight excluding hydrogens is 352 g/mol. The van der Waals surface area contributed by atoms with E-state index < -0.39 is 5.60 Å². The van der Waals surface area contributed by atoms with Crippen LogP contribution in [-0.2, 0) is 5.60 Å². The largest absolute Gasteiger partial charge is 0.477 e. The zero-order valence-corrected chi connectivity index (χ0v) is 16.4. The number of fused-ring (bicyclic) bond motifs is 1. The van der Waals surface area contributed by atoms with E-state index in [1.54, 1.807) is 0 Å². The van der Waals surface area contributed by atoms with Gasteiger partial charge in [-0.05, 0) is 35.3 Å². The van der Waals surface area contributed by atoms with E-state index in [1.165, 1.54) is 11.1 Å². The topological polar surface area (TPSA) is 9.23 Å². The van der Waals surface area contributed by atoms with Gasteiger partial charge in [0.2, 0.25) is 0 Å². The summed E-state index contributed by atoms with van der Waals surface area (Å²) in [6.45, 7) is 2.15. The average molecular weight is 374 g/mol. The van der Waals surface area contributed by atoms with E-state index in [4.69, 9.17) is 4.74 Å². The lowest BCUT2D eigenvalue weighted by atomic mass is 9.84. The highest BCUT2D eigenvalue weighted by molar-refractivity contribution is 5.89. The maximum absolute atomic E-state index is 6.77. The summed E-state index contributed by atoms with van der Waals surface area (Å²) in [6, 6.07) is 37.9. The molecule has 1 unspecified atom stereocenters. The van der Waals surface area contributed by atoms with Crippen molar-refractivity contribution in [3.8, 4) is 16.9 Å². The monoisotopic (exact) mass is 374 g/mol. The van der Waals surface area contributed by atoms with Crippen molar-refractivity contribution in [2.45, 2.75) is 12.5 Å². The second-order valence-corrected chi connectivity index (χ2v) is 7.55. The van der Waals surface area contributed by atoms with Crippen molar-refractivity contribution in [3.05, 3.63) is 132 Å². The minimum Gasteiger partial charge on any atom is -0.477 e. The molecule has 0 radical (unpaired) electrons. The van der Waals surface area contributed by atoms with Crippen LogP contribution < -0.4 is 4.74 Å². The number of para-hydroxylation sites is 1. The highest BCUT2D eigenvalue weighted by Gasteiger charge is 2.34. The van der Waals surface area contributed by atoms with Crippen LogP contribution in [0.15, 0.2) is 115 Å². The molecule has 0 fully saturated rings. The summed E-state index contributed by atoms with van der Waals surface area (Å²) in [5.74, 6) is 0.936. The van der Waals surface area contributed by atoms with Crippen LogP contribution in [0.1, 0.15) is 23.6 Å². The molecule has 29 heavy (non-hydrogen) atoms. The summed E-state index contributed by atoms with van der Waals surface area (Å²) in [4.78, 5) is 0. The second kappa shape index (κ2) is 7.10. The Balaban J connectivity index is 1.77. The molecule has 0 saturated carbocycles. The van der Waals surface area contributed by atoms with Crippen LogP contribution in [0.2, 0.25) is 0 Å². The Hall–Kier alpha value is -3.58. The van der Waals surface area contributed by atoms with Gasteiger partial charge in [-0.25, -0.2) is 0 Å². The van der Waals surface area contributed by atoms with Crippen LogP contribution >= 0.6 is 0 Å². The summed E-state index contributed by atoms with van der Waals surface area (Å²) < 4.78 is 6.77. The third-order valence-corrected chi connectivity index (χ3v) is 5.56. The predicted molar refractivity (Wildman–Crippen MR) is 120 cm³/mol. The zero-order valence-electron chi connectivity index (χ0n) is 16.4. The van der Waals surface area contributed by atoms with Gasteiger partial charge in [0.15, 0.2) is 5.60 Å². The van der Waals surface area contributed by atoms with Gasteiger partial charge >= 0.3 is 0 Å². The SMILES string of the molecule is CC1(c2ccccc2)C=C(c2ccccc2)c2cccc(-c3ccccc3)c2O1. The highest BCUT2D eigenvalue weighted by atomic mass is 16.5. The normalized spacial score (nSPS) is 17.8. The minimum absolute atomic E-state index is 0.551. The molecule has 140 valence electrons. The molecule has 5 rings (SSSR count). The van der Waals surface area contributed by atoms with E-state index in [0.717, 1.165) is 28.0 Å². The van der Waals surface area contributed by atoms with E-state index >= 15 is 0 Å². The van der Waals surface area contributed by atoms with Crippen LogP contribution in [-0.4, -0.2) is 0 Å². The molecule has 0 N–H and O–H groups in total. The summed E-state index contributed by atoms with van der Waals surface area (Å²) in [5, 5.41) is 0. The number of hydrogen-bond donors (Lipinski definition) is 0. The standard InChI is InChI=1S/C28H22O/c1-28(23-16-9-4-10-17-23)20-26(22-14-7-3-8-15-22)25-19-11-18-24(27(25)29-28)21-12-5-2-6-13-21/h2-20H,1H3. The highest BCUT2D eigenvalue weighted by Crippen LogP contribution is 2.47. The molecule has 0 aliphatic carbocycles. The first-order chi connectivity index (χ1) is 14.2. The molecule has 1 aliphatic rings. The first-order valence-electron chi connectivity index (χ1n) is 9.96. The van der Waals surface area contributed by atoms with Crippen LogP contribution in [0, 0.1) is 0 Å². The summed E-state index contributed by atoms with van der Waals surface area (Å²) in [7, 11) is 0. The van der Waals surface area contributed by atoms with Crippen molar-refractivity contribution in [1.82, 2.24) is 0 Å². The smallest absolute Gasteiger partial charge is 0.150 e. The van der Waals surface area contributed by atoms with Crippen molar-refractivity contribution in [1.29, 1.82) is 0 Å². The van der Waals surface area contributed by atoms with E-state index in [-0.39, 0.29) is 0 Å². The number of ether oxygens (including phenoxy) is 1. The summed E-state index contributed by atoms with van der Waals surface area (Å²) in [6.07, 6.45) is 2.26. The van der Waals surface area contributed by atoms with Gasteiger partial charge in [-0.1, -0.05) is 109 Å². The minimum atomic E-state index is -0.551. The zero-order chi connectivity index (χ0) is 19.7. The molecule has 1 heteroatoms. The molecule has 1 atom stereocenters. The Morgan fingerprint density at radius 1 is 0.552 bits per heavy atom. The lowest BCUT2D eigenvalue weighted by Gasteiger charge is -2.36. The second-order valence-electron chi connectivity index (χ2n) is 7.55. The first kappa shape index (κ1) is 17.5. The average Bonchev–Trinajstić information content (AvgIpc) is 2.80. The summed E-state index contributed by atoms with van der Waals surface area (Å²) >= 11 is 0. The number of hydrogen-bond acceptors (Lipinski definition) is 1. The van der Waals surface area contributed by atoms with Gasteiger partial charge in [0.05, 0.1) is 0 Å². The van der Waals surface area contributed by atoms with Crippen LogP contribution in [0.25, 0.3) is 16.7 Å². The fourth-order valence-corrected chi connectivity index (χ4v) is 4.07. The Morgan fingerprint density at radius 3 is 1.76 bits per heavy atom. The fraction of sp³-hybridized carbons (Fsp3) is 0.0714. The number of rotatable bonds is 3. The molecule has 4 aromatic carbocycles. The van der Waals surface area contributed by atoms with Crippen molar-refractivity contribution < 1.29 is 4.74 Å². The van der Waals surface area contributed by atoms with E-state index in [0.29, 0.717) is 0 Å². The van der Waals surface area contributed by atoms with Crippen LogP contribution in [0.4, 0.5) is 0 Å². The quantitative estimate of drug-likeness (QED) is 0.372. The van der Waals surface area contributed by atoms with Gasteiger partial charge in [-0.15, -0.1) is 0 Å². The van der Waals surface area contributed by atoms with Crippen LogP contribution in [0.5, 0.6) is 5.75 Å². The number of benzene rings is 4. The molecule has 0 spiro atoms. The summed E-state index contributed by atoms with van der Waals surface area (Å²) in [5.41, 5.74) is 6.40. The lowest BCUT2D eigenvalue weighted by molar-refractivity contribution is 0.138. The van der Waals surface area contributed by atoms with Crippen molar-refractivity contribution in [2.75, 3.05) is 0 Å². The van der Waals surface area contributed by atoms with Crippen molar-refractivity contribution in [3.63, 3.8) is 0 Å². The molecule has 0 saturated heterocycles. The lowest BCUT2D eigenvalue weighted by Crippen LogP contribution is -2.30. The van der Waals surface area contributed by atoms with Gasteiger partial charge in [0, 0.05) is 11.1 Å². The maximum atomic E-state index is 6.77.